The number of H-pyrrole nitrogens is 1. The Kier molecular flexibility index (Phi) is 3.31. The average molecular weight is 238 g/mol. The molecule has 2 aromatic rings. The maximum Gasteiger partial charge on any atom is 0.139 e. The van der Waals surface area contributed by atoms with Gasteiger partial charge in [0.05, 0.1) is 30.7 Å². The lowest BCUT2D eigenvalue weighted by Gasteiger charge is -2.08. The van der Waals surface area contributed by atoms with E-state index in [-0.39, 0.29) is 0 Å². The minimum absolute atomic E-state index is 0.606. The Hall–Kier alpha value is -1.68. The molecule has 16 heavy (non-hydrogen) atoms. The number of rotatable bonds is 4. The molecule has 0 radical (unpaired) electrons. The molecule has 0 saturated heterocycles. The molecule has 0 fully saturated rings. The van der Waals surface area contributed by atoms with Crippen LogP contribution in [-0.2, 0) is 6.54 Å². The van der Waals surface area contributed by atoms with Crippen molar-refractivity contribution in [3.05, 3.63) is 41.4 Å². The van der Waals surface area contributed by atoms with Gasteiger partial charge in [0.15, 0.2) is 0 Å². The maximum atomic E-state index is 5.93. The fourth-order valence-electron chi connectivity index (χ4n) is 1.35. The number of halogens is 1. The Morgan fingerprint density at radius 3 is 3.06 bits per heavy atom. The van der Waals surface area contributed by atoms with Crippen molar-refractivity contribution >= 4 is 17.3 Å². The highest BCUT2D eigenvalue weighted by Crippen LogP contribution is 2.27. The van der Waals surface area contributed by atoms with Gasteiger partial charge in [-0.3, -0.25) is 0 Å². The molecule has 0 aliphatic heterocycles. The first-order valence-corrected chi connectivity index (χ1v) is 5.22. The second-order valence-corrected chi connectivity index (χ2v) is 3.69. The van der Waals surface area contributed by atoms with E-state index in [1.165, 1.54) is 0 Å². The van der Waals surface area contributed by atoms with Gasteiger partial charge < -0.3 is 15.0 Å². The third kappa shape index (κ3) is 2.46. The minimum Gasteiger partial charge on any atom is -0.495 e. The largest absolute Gasteiger partial charge is 0.495 e. The number of aromatic nitrogens is 2. The van der Waals surface area contributed by atoms with Crippen molar-refractivity contribution in [2.75, 3.05) is 12.4 Å². The first-order chi connectivity index (χ1) is 7.79. The number of hydrogen-bond donors (Lipinski definition) is 2. The molecule has 0 aliphatic carbocycles. The summed E-state index contributed by atoms with van der Waals surface area (Å²) in [5, 5.41) is 3.85. The topological polar surface area (TPSA) is 49.9 Å². The highest BCUT2D eigenvalue weighted by Gasteiger charge is 2.01. The van der Waals surface area contributed by atoms with Crippen LogP contribution in [0.15, 0.2) is 30.7 Å². The number of hydrogen-bond acceptors (Lipinski definition) is 3. The lowest BCUT2D eigenvalue weighted by molar-refractivity contribution is 0.415. The summed E-state index contributed by atoms with van der Waals surface area (Å²) < 4.78 is 5.13. The standard InChI is InChI=1S/C11H12ClN3O/c1-16-11-4-8(2-3-10(11)12)14-6-9-5-13-7-15-9/h2-5,7,14H,6H2,1H3,(H,13,15). The van der Waals surface area contributed by atoms with Gasteiger partial charge in [0.25, 0.3) is 0 Å². The molecule has 1 heterocycles. The van der Waals surface area contributed by atoms with Crippen LogP contribution in [0.1, 0.15) is 5.69 Å². The normalized spacial score (nSPS) is 10.1. The Bertz CT molecular complexity index is 456. The summed E-state index contributed by atoms with van der Waals surface area (Å²) >= 11 is 5.93. The molecule has 0 aliphatic rings. The first-order valence-electron chi connectivity index (χ1n) is 4.84. The lowest BCUT2D eigenvalue weighted by Crippen LogP contribution is -1.99. The summed E-state index contributed by atoms with van der Waals surface area (Å²) in [5.41, 5.74) is 1.98. The summed E-state index contributed by atoms with van der Waals surface area (Å²) in [6.45, 7) is 0.685. The van der Waals surface area contributed by atoms with Gasteiger partial charge in [-0.2, -0.15) is 0 Å². The number of methoxy groups -OCH3 is 1. The average Bonchev–Trinajstić information content (AvgIpc) is 2.81. The van der Waals surface area contributed by atoms with Crippen LogP contribution >= 0.6 is 11.6 Å². The molecule has 0 amide bonds. The molecule has 2 rings (SSSR count). The SMILES string of the molecule is COc1cc(NCc2cnc[nH]2)ccc1Cl. The Labute approximate surface area is 98.6 Å². The van der Waals surface area contributed by atoms with Crippen molar-refractivity contribution in [1.82, 2.24) is 9.97 Å². The number of nitrogens with zero attached hydrogens (tertiary/aromatic N) is 1. The molecule has 1 aromatic heterocycles. The molecule has 4 nitrogen and oxygen atoms in total. The van der Waals surface area contributed by atoms with Crippen molar-refractivity contribution in [1.29, 1.82) is 0 Å². The number of imidazole rings is 1. The number of aromatic amines is 1. The molecule has 0 unspecified atom stereocenters. The molecular formula is C11H12ClN3O. The zero-order chi connectivity index (χ0) is 11.4. The van der Waals surface area contributed by atoms with Gasteiger partial charge >= 0.3 is 0 Å². The van der Waals surface area contributed by atoms with Gasteiger partial charge in [-0.05, 0) is 12.1 Å². The van der Waals surface area contributed by atoms with E-state index in [1.807, 2.05) is 12.1 Å². The van der Waals surface area contributed by atoms with Gasteiger partial charge in [-0.15, -0.1) is 0 Å². The highest BCUT2D eigenvalue weighted by atomic mass is 35.5. The van der Waals surface area contributed by atoms with Gasteiger partial charge in [-0.25, -0.2) is 4.98 Å². The van der Waals surface area contributed by atoms with Gasteiger partial charge in [0.2, 0.25) is 0 Å². The van der Waals surface area contributed by atoms with Crippen LogP contribution in [0, 0.1) is 0 Å². The third-order valence-corrected chi connectivity index (χ3v) is 2.50. The molecule has 0 saturated carbocycles. The number of anilines is 1. The number of benzene rings is 1. The second kappa shape index (κ2) is 4.90. The quantitative estimate of drug-likeness (QED) is 0.860. The van der Waals surface area contributed by atoms with Crippen molar-refractivity contribution in [3.63, 3.8) is 0 Å². The fourth-order valence-corrected chi connectivity index (χ4v) is 1.54. The Morgan fingerprint density at radius 2 is 2.38 bits per heavy atom. The van der Waals surface area contributed by atoms with Crippen molar-refractivity contribution in [2.45, 2.75) is 6.54 Å². The fraction of sp³-hybridized carbons (Fsp3) is 0.182. The lowest BCUT2D eigenvalue weighted by atomic mass is 10.3. The Balaban J connectivity index is 2.04. The van der Waals surface area contributed by atoms with E-state index in [9.17, 15) is 0 Å². The summed E-state index contributed by atoms with van der Waals surface area (Å²) in [6.07, 6.45) is 3.43. The summed E-state index contributed by atoms with van der Waals surface area (Å²) in [5.74, 6) is 0.663. The maximum absolute atomic E-state index is 5.93. The van der Waals surface area contributed by atoms with Crippen LogP contribution < -0.4 is 10.1 Å². The van der Waals surface area contributed by atoms with Crippen LogP contribution in [-0.4, -0.2) is 17.1 Å². The van der Waals surface area contributed by atoms with Crippen molar-refractivity contribution in [2.24, 2.45) is 0 Å². The smallest absolute Gasteiger partial charge is 0.139 e. The van der Waals surface area contributed by atoms with Crippen molar-refractivity contribution in [3.8, 4) is 5.75 Å². The molecule has 0 spiro atoms. The number of nitrogens with one attached hydrogen (secondary N) is 2. The molecule has 84 valence electrons. The molecule has 1 aromatic carbocycles. The van der Waals surface area contributed by atoms with E-state index in [0.717, 1.165) is 11.4 Å². The summed E-state index contributed by atoms with van der Waals surface area (Å²) in [6, 6.07) is 5.57. The van der Waals surface area contributed by atoms with Crippen LogP contribution in [0.5, 0.6) is 5.75 Å². The second-order valence-electron chi connectivity index (χ2n) is 3.28. The van der Waals surface area contributed by atoms with Gasteiger partial charge in [0, 0.05) is 18.0 Å². The molecule has 5 heteroatoms. The van der Waals surface area contributed by atoms with Crippen LogP contribution in [0.2, 0.25) is 5.02 Å². The third-order valence-electron chi connectivity index (χ3n) is 2.19. The predicted molar refractivity (Wildman–Crippen MR) is 63.9 cm³/mol. The van der Waals surface area contributed by atoms with E-state index in [0.29, 0.717) is 17.3 Å². The highest BCUT2D eigenvalue weighted by molar-refractivity contribution is 6.32. The van der Waals surface area contributed by atoms with Crippen LogP contribution in [0.25, 0.3) is 0 Å². The van der Waals surface area contributed by atoms with Crippen LogP contribution in [0.4, 0.5) is 5.69 Å². The minimum atomic E-state index is 0.606. The van der Waals surface area contributed by atoms with E-state index in [2.05, 4.69) is 15.3 Å². The Morgan fingerprint density at radius 1 is 1.50 bits per heavy atom. The summed E-state index contributed by atoms with van der Waals surface area (Å²) in [7, 11) is 1.60. The zero-order valence-electron chi connectivity index (χ0n) is 8.83. The predicted octanol–water partition coefficient (Wildman–Crippen LogP) is 2.68. The van der Waals surface area contributed by atoms with E-state index in [1.54, 1.807) is 25.7 Å². The molecule has 0 atom stereocenters. The van der Waals surface area contributed by atoms with E-state index in [4.69, 9.17) is 16.3 Å². The van der Waals surface area contributed by atoms with Gasteiger partial charge in [-0.1, -0.05) is 11.6 Å². The molecule has 2 N–H and O–H groups in total. The molecular weight excluding hydrogens is 226 g/mol. The number of ether oxygens (including phenoxy) is 1. The van der Waals surface area contributed by atoms with Crippen LogP contribution in [0.3, 0.4) is 0 Å². The van der Waals surface area contributed by atoms with Crippen molar-refractivity contribution < 1.29 is 4.74 Å². The summed E-state index contributed by atoms with van der Waals surface area (Å²) in [4.78, 5) is 6.96. The molecule has 0 bridgehead atoms. The van der Waals surface area contributed by atoms with Gasteiger partial charge in [0.1, 0.15) is 5.75 Å². The monoisotopic (exact) mass is 237 g/mol. The first kappa shape index (κ1) is 10.8. The van der Waals surface area contributed by atoms with E-state index < -0.39 is 0 Å². The zero-order valence-corrected chi connectivity index (χ0v) is 9.58. The van der Waals surface area contributed by atoms with E-state index >= 15 is 0 Å².